The van der Waals surface area contributed by atoms with Gasteiger partial charge in [-0.05, 0) is 104 Å². The van der Waals surface area contributed by atoms with Crippen LogP contribution in [0.2, 0.25) is 0 Å². The van der Waals surface area contributed by atoms with Crippen LogP contribution in [0, 0.1) is 46.3 Å². The summed E-state index contributed by atoms with van der Waals surface area (Å²) >= 11 is 0. The van der Waals surface area contributed by atoms with Crippen molar-refractivity contribution in [1.29, 1.82) is 0 Å². The van der Waals surface area contributed by atoms with E-state index >= 15 is 0 Å². The van der Waals surface area contributed by atoms with Gasteiger partial charge >= 0.3 is 5.97 Å². The molecule has 3 nitrogen and oxygen atoms in total. The first-order chi connectivity index (χ1) is 19.2. The van der Waals surface area contributed by atoms with Gasteiger partial charge in [-0.1, -0.05) is 97.6 Å². The molecule has 0 saturated heterocycles. The maximum Gasteiger partial charge on any atom is 0.306 e. The number of carbonyl (C=O) groups excluding carboxylic acids is 1. The Morgan fingerprint density at radius 3 is 2.35 bits per heavy atom. The summed E-state index contributed by atoms with van der Waals surface area (Å²) < 4.78 is 6.05. The van der Waals surface area contributed by atoms with Gasteiger partial charge in [0.1, 0.15) is 6.10 Å². The van der Waals surface area contributed by atoms with Gasteiger partial charge in [-0.2, -0.15) is 0 Å². The lowest BCUT2D eigenvalue weighted by molar-refractivity contribution is -0.151. The number of hydrogen-bond acceptors (Lipinski definition) is 3. The van der Waals surface area contributed by atoms with Crippen LogP contribution in [-0.2, 0) is 9.53 Å². The van der Waals surface area contributed by atoms with E-state index in [9.17, 15) is 4.79 Å². The fourth-order valence-corrected chi connectivity index (χ4v) is 10.3. The summed E-state index contributed by atoms with van der Waals surface area (Å²) in [7, 11) is 0. The third-order valence-corrected chi connectivity index (χ3v) is 12.6. The molecule has 0 aliphatic heterocycles. The predicted molar refractivity (Wildman–Crippen MR) is 167 cm³/mol. The first kappa shape index (κ1) is 32.1. The number of esters is 1. The van der Waals surface area contributed by atoms with E-state index in [0.717, 1.165) is 74.0 Å². The molecule has 4 rings (SSSR count). The zero-order valence-electron chi connectivity index (χ0n) is 27.0. The summed E-state index contributed by atoms with van der Waals surface area (Å²) in [4.78, 5) is 12.6. The van der Waals surface area contributed by atoms with Crippen LogP contribution >= 0.6 is 0 Å². The molecule has 0 spiro atoms. The third-order valence-electron chi connectivity index (χ3n) is 12.6. The number of aliphatic hydroxyl groups is 1. The second kappa shape index (κ2) is 14.6. The number of hydrogen-bond donors (Lipinski definition) is 1. The SMILES string of the molecule is CC(C)CCC[C@@H](C)[C@H]1CC[C@H]2[C@@H]3CC=C4C[C@@H](OC(=O)CCCCCCCCCO)CC[C@]4(C)[C@H]3CC[C@]12C. The number of allylic oxidation sites excluding steroid dienone is 1. The topological polar surface area (TPSA) is 46.5 Å². The van der Waals surface area contributed by atoms with Crippen LogP contribution in [0.1, 0.15) is 157 Å². The number of aliphatic hydroxyl groups excluding tert-OH is 1. The molecule has 0 aromatic carbocycles. The Morgan fingerprint density at radius 2 is 1.62 bits per heavy atom. The molecule has 0 amide bonds. The first-order valence-corrected chi connectivity index (χ1v) is 17.7. The summed E-state index contributed by atoms with van der Waals surface area (Å²) in [6.07, 6.45) is 25.5. The molecule has 8 atom stereocenters. The smallest absolute Gasteiger partial charge is 0.306 e. The van der Waals surface area contributed by atoms with Crippen LogP contribution in [0.3, 0.4) is 0 Å². The van der Waals surface area contributed by atoms with E-state index < -0.39 is 0 Å². The molecule has 4 aliphatic rings. The molecule has 3 fully saturated rings. The summed E-state index contributed by atoms with van der Waals surface area (Å²) in [5.41, 5.74) is 2.50. The largest absolute Gasteiger partial charge is 0.462 e. The van der Waals surface area contributed by atoms with Crippen molar-refractivity contribution in [2.24, 2.45) is 46.3 Å². The standard InChI is InChI=1S/C37H64O3/c1-27(2)14-13-15-28(3)32-19-20-33-31-18-17-29-26-30(21-23-36(29,4)34(31)22-24-37(32,33)5)40-35(39)16-11-9-7-6-8-10-12-25-38/h17,27-28,30-34,38H,6-16,18-26H2,1-5H3/t28-,30+,31+,32-,33+,34+,36+,37-/m1/s1. The van der Waals surface area contributed by atoms with Crippen molar-refractivity contribution in [2.45, 2.75) is 163 Å². The van der Waals surface area contributed by atoms with Crippen molar-refractivity contribution >= 4 is 5.97 Å². The van der Waals surface area contributed by atoms with Gasteiger partial charge in [-0.15, -0.1) is 0 Å². The predicted octanol–water partition coefficient (Wildman–Crippen LogP) is 10.1. The van der Waals surface area contributed by atoms with Crippen molar-refractivity contribution in [3.63, 3.8) is 0 Å². The van der Waals surface area contributed by atoms with Crippen LogP contribution in [-0.4, -0.2) is 23.8 Å². The van der Waals surface area contributed by atoms with Crippen molar-refractivity contribution in [3.05, 3.63) is 11.6 Å². The lowest BCUT2D eigenvalue weighted by atomic mass is 9.47. The highest BCUT2D eigenvalue weighted by atomic mass is 16.5. The molecule has 0 aromatic rings. The Bertz CT molecular complexity index is 831. The second-order valence-electron chi connectivity index (χ2n) is 15.6. The average Bonchev–Trinajstić information content (AvgIpc) is 3.27. The van der Waals surface area contributed by atoms with Gasteiger partial charge in [0.15, 0.2) is 0 Å². The molecular weight excluding hydrogens is 492 g/mol. The number of ether oxygens (including phenoxy) is 1. The van der Waals surface area contributed by atoms with Gasteiger partial charge in [0, 0.05) is 19.4 Å². The molecule has 0 bridgehead atoms. The molecule has 0 radical (unpaired) electrons. The van der Waals surface area contributed by atoms with E-state index in [0.29, 0.717) is 23.9 Å². The number of carbonyl (C=O) groups is 1. The zero-order chi connectivity index (χ0) is 28.8. The zero-order valence-corrected chi connectivity index (χ0v) is 27.0. The number of rotatable bonds is 15. The minimum absolute atomic E-state index is 0.0242. The van der Waals surface area contributed by atoms with Crippen LogP contribution in [0.5, 0.6) is 0 Å². The Kier molecular flexibility index (Phi) is 11.7. The highest BCUT2D eigenvalue weighted by Crippen LogP contribution is 2.67. The molecule has 0 heterocycles. The van der Waals surface area contributed by atoms with Crippen molar-refractivity contribution < 1.29 is 14.6 Å². The summed E-state index contributed by atoms with van der Waals surface area (Å²) in [6.45, 7) is 12.9. The van der Waals surface area contributed by atoms with Crippen molar-refractivity contribution in [3.8, 4) is 0 Å². The van der Waals surface area contributed by atoms with Crippen LogP contribution in [0.15, 0.2) is 11.6 Å². The molecule has 40 heavy (non-hydrogen) atoms. The Hall–Kier alpha value is -0.830. The molecule has 1 N–H and O–H groups in total. The van der Waals surface area contributed by atoms with E-state index in [1.807, 2.05) is 0 Å². The lowest BCUT2D eigenvalue weighted by Crippen LogP contribution is -2.51. The van der Waals surface area contributed by atoms with Crippen molar-refractivity contribution in [1.82, 2.24) is 0 Å². The second-order valence-corrected chi connectivity index (χ2v) is 15.6. The molecule has 3 saturated carbocycles. The maximum atomic E-state index is 12.6. The van der Waals surface area contributed by atoms with Gasteiger partial charge in [-0.25, -0.2) is 0 Å². The maximum absolute atomic E-state index is 12.6. The van der Waals surface area contributed by atoms with Crippen LogP contribution in [0.4, 0.5) is 0 Å². The van der Waals surface area contributed by atoms with Gasteiger partial charge in [0.05, 0.1) is 0 Å². The van der Waals surface area contributed by atoms with Crippen LogP contribution in [0.25, 0.3) is 0 Å². The minimum atomic E-state index is 0.0242. The first-order valence-electron chi connectivity index (χ1n) is 17.7. The monoisotopic (exact) mass is 556 g/mol. The molecule has 230 valence electrons. The fraction of sp³-hybridized carbons (Fsp3) is 0.919. The van der Waals surface area contributed by atoms with Crippen LogP contribution < -0.4 is 0 Å². The Morgan fingerprint density at radius 1 is 0.900 bits per heavy atom. The molecule has 4 aliphatic carbocycles. The van der Waals surface area contributed by atoms with Gasteiger partial charge in [0.25, 0.3) is 0 Å². The number of fused-ring (bicyclic) bond motifs is 5. The van der Waals surface area contributed by atoms with Gasteiger partial charge in [-0.3, -0.25) is 4.79 Å². The lowest BCUT2D eigenvalue weighted by Gasteiger charge is -2.58. The van der Waals surface area contributed by atoms with E-state index in [4.69, 9.17) is 9.84 Å². The van der Waals surface area contributed by atoms with Gasteiger partial charge in [0.2, 0.25) is 0 Å². The highest BCUT2D eigenvalue weighted by molar-refractivity contribution is 5.69. The molecule has 0 unspecified atom stereocenters. The fourth-order valence-electron chi connectivity index (χ4n) is 10.3. The van der Waals surface area contributed by atoms with E-state index in [1.165, 1.54) is 77.0 Å². The normalized spacial score (nSPS) is 36.0. The molecule has 0 aromatic heterocycles. The Balaban J connectivity index is 1.26. The van der Waals surface area contributed by atoms with E-state index in [-0.39, 0.29) is 12.1 Å². The third kappa shape index (κ3) is 7.38. The highest BCUT2D eigenvalue weighted by Gasteiger charge is 2.59. The molecule has 3 heteroatoms. The summed E-state index contributed by atoms with van der Waals surface area (Å²) in [6, 6.07) is 0. The molecular formula is C37H64O3. The quantitative estimate of drug-likeness (QED) is 0.124. The van der Waals surface area contributed by atoms with E-state index in [2.05, 4.69) is 40.7 Å². The minimum Gasteiger partial charge on any atom is -0.462 e. The van der Waals surface area contributed by atoms with E-state index in [1.54, 1.807) is 5.57 Å². The Labute approximate surface area is 247 Å². The van der Waals surface area contributed by atoms with Crippen molar-refractivity contribution in [2.75, 3.05) is 6.61 Å². The summed E-state index contributed by atoms with van der Waals surface area (Å²) in [5.74, 6) is 5.25. The van der Waals surface area contributed by atoms with Gasteiger partial charge < -0.3 is 9.84 Å². The summed E-state index contributed by atoms with van der Waals surface area (Å²) in [5, 5.41) is 8.88. The number of unbranched alkanes of at least 4 members (excludes halogenated alkanes) is 6. The average molecular weight is 557 g/mol.